The van der Waals surface area contributed by atoms with E-state index in [1.807, 2.05) is 0 Å². The molecule has 1 aliphatic heterocycles. The molecule has 0 bridgehead atoms. The third-order valence-corrected chi connectivity index (χ3v) is 4.60. The number of H-pyrrole nitrogens is 1. The van der Waals surface area contributed by atoms with Crippen molar-refractivity contribution in [3.8, 4) is 17.4 Å². The molecule has 3 aromatic heterocycles. The number of aromatic nitrogens is 6. The Morgan fingerprint density at radius 2 is 2.09 bits per heavy atom. The van der Waals surface area contributed by atoms with Gasteiger partial charge in [-0.1, -0.05) is 6.07 Å². The first-order chi connectivity index (χ1) is 15.3. The highest BCUT2D eigenvalue weighted by Gasteiger charge is 2.43. The molecule has 164 valence electrons. The Bertz CT molecular complexity index is 1410. The van der Waals surface area contributed by atoms with Gasteiger partial charge in [-0.25, -0.2) is 14.5 Å². The first-order valence-electron chi connectivity index (χ1n) is 9.39. The van der Waals surface area contributed by atoms with E-state index < -0.39 is 17.8 Å². The first-order valence-corrected chi connectivity index (χ1v) is 9.39. The third kappa shape index (κ3) is 3.42. The lowest BCUT2D eigenvalue weighted by Gasteiger charge is -2.06. The van der Waals surface area contributed by atoms with Gasteiger partial charge < -0.3 is 18.8 Å². The Labute approximate surface area is 177 Å². The number of carbonyl (C=O) groups is 1. The summed E-state index contributed by atoms with van der Waals surface area (Å²) in [7, 11) is 0. The number of nitrogens with one attached hydrogen (secondary N) is 1. The Hall–Kier alpha value is -4.29. The number of hydrogen-bond acceptors (Lipinski definition) is 8. The minimum absolute atomic E-state index is 0.0635. The third-order valence-electron chi connectivity index (χ3n) is 4.60. The molecule has 0 spiro atoms. The maximum Gasteiger partial charge on any atom is 0.586 e. The first kappa shape index (κ1) is 19.7. The summed E-state index contributed by atoms with van der Waals surface area (Å²) in [5.74, 6) is -0.649. The Balaban J connectivity index is 1.44. The van der Waals surface area contributed by atoms with Crippen LogP contribution in [0, 0.1) is 0 Å². The Morgan fingerprint density at radius 3 is 2.91 bits per heavy atom. The summed E-state index contributed by atoms with van der Waals surface area (Å²) in [6, 6.07) is 4.34. The van der Waals surface area contributed by atoms with Crippen molar-refractivity contribution in [1.29, 1.82) is 0 Å². The number of hydrogen-bond donors (Lipinski definition) is 1. The topological polar surface area (TPSA) is 126 Å². The van der Waals surface area contributed by atoms with E-state index in [2.05, 4.69) is 29.5 Å². The van der Waals surface area contributed by atoms with Crippen molar-refractivity contribution in [2.45, 2.75) is 19.8 Å². The smallest absolute Gasteiger partial charge is 0.462 e. The maximum atomic E-state index is 13.2. The van der Waals surface area contributed by atoms with E-state index in [4.69, 9.17) is 4.74 Å². The van der Waals surface area contributed by atoms with Crippen LogP contribution in [-0.2, 0) is 11.3 Å². The minimum atomic E-state index is -3.71. The van der Waals surface area contributed by atoms with Gasteiger partial charge in [0.25, 0.3) is 5.56 Å². The molecule has 0 atom stereocenters. The molecule has 0 aliphatic carbocycles. The van der Waals surface area contributed by atoms with Gasteiger partial charge in [-0.15, -0.1) is 8.78 Å². The molecule has 0 unspecified atom stereocenters. The average molecular weight is 444 g/mol. The lowest BCUT2D eigenvalue weighted by molar-refractivity contribution is -0.286. The number of aromatic amines is 1. The van der Waals surface area contributed by atoms with E-state index >= 15 is 0 Å². The van der Waals surface area contributed by atoms with Crippen LogP contribution in [-0.4, -0.2) is 48.2 Å². The average Bonchev–Trinajstić information content (AvgIpc) is 3.44. The van der Waals surface area contributed by atoms with Crippen molar-refractivity contribution in [2.24, 2.45) is 0 Å². The summed E-state index contributed by atoms with van der Waals surface area (Å²) < 4.78 is 42.9. The number of esters is 1. The molecule has 0 radical (unpaired) electrons. The SMILES string of the molecule is CCOC(=O)c1cnn(-c2nc3ncn(Cc4ccc5c(c4)OC(F)(F)O5)c3c(=O)[nH]2)c1. The van der Waals surface area contributed by atoms with E-state index in [9.17, 15) is 18.4 Å². The zero-order chi connectivity index (χ0) is 22.5. The fourth-order valence-electron chi connectivity index (χ4n) is 3.25. The highest BCUT2D eigenvalue weighted by atomic mass is 19.3. The number of imidazole rings is 1. The number of benzene rings is 1. The predicted molar refractivity (Wildman–Crippen MR) is 103 cm³/mol. The number of alkyl halides is 2. The molecule has 0 saturated carbocycles. The van der Waals surface area contributed by atoms with Crippen LogP contribution in [0.5, 0.6) is 11.5 Å². The fourth-order valence-corrected chi connectivity index (χ4v) is 3.25. The number of ether oxygens (including phenoxy) is 3. The molecule has 0 amide bonds. The van der Waals surface area contributed by atoms with Crippen LogP contribution < -0.4 is 15.0 Å². The zero-order valence-corrected chi connectivity index (χ0v) is 16.4. The highest BCUT2D eigenvalue weighted by molar-refractivity contribution is 5.88. The molecule has 0 saturated heterocycles. The normalized spacial score (nSPS) is 14.1. The number of carbonyl (C=O) groups excluding carboxylic acids is 1. The number of nitrogens with zero attached hydrogens (tertiary/aromatic N) is 5. The van der Waals surface area contributed by atoms with Crippen molar-refractivity contribution in [2.75, 3.05) is 6.61 Å². The van der Waals surface area contributed by atoms with Crippen LogP contribution in [0.25, 0.3) is 17.1 Å². The van der Waals surface area contributed by atoms with Gasteiger partial charge in [-0.05, 0) is 24.6 Å². The molecule has 1 aliphatic rings. The lowest BCUT2D eigenvalue weighted by atomic mass is 10.2. The van der Waals surface area contributed by atoms with E-state index in [1.54, 1.807) is 13.0 Å². The largest absolute Gasteiger partial charge is 0.586 e. The molecule has 5 rings (SSSR count). The van der Waals surface area contributed by atoms with Gasteiger partial charge in [-0.2, -0.15) is 10.1 Å². The maximum absolute atomic E-state index is 13.2. The van der Waals surface area contributed by atoms with Crippen LogP contribution in [0.1, 0.15) is 22.8 Å². The van der Waals surface area contributed by atoms with Gasteiger partial charge in [0.05, 0.1) is 24.7 Å². The summed E-state index contributed by atoms with van der Waals surface area (Å²) in [4.78, 5) is 35.6. The lowest BCUT2D eigenvalue weighted by Crippen LogP contribution is -2.25. The van der Waals surface area contributed by atoms with E-state index in [0.29, 0.717) is 5.56 Å². The molecule has 4 aromatic rings. The van der Waals surface area contributed by atoms with Crippen LogP contribution in [0.3, 0.4) is 0 Å². The molecule has 0 fully saturated rings. The molecule has 1 aromatic carbocycles. The summed E-state index contributed by atoms with van der Waals surface area (Å²) in [6.07, 6.45) is 0.369. The van der Waals surface area contributed by atoms with Crippen molar-refractivity contribution >= 4 is 17.1 Å². The second-order valence-corrected chi connectivity index (χ2v) is 6.78. The van der Waals surface area contributed by atoms with E-state index in [0.717, 1.165) is 0 Å². The van der Waals surface area contributed by atoms with Gasteiger partial charge >= 0.3 is 12.3 Å². The van der Waals surface area contributed by atoms with Crippen molar-refractivity contribution < 1.29 is 27.8 Å². The standard InChI is InChI=1S/C19H14F2N6O5/c1-2-30-17(29)11-6-23-27(8-11)18-24-15-14(16(28)25-18)26(9-22-15)7-10-3-4-12-13(5-10)32-19(20,21)31-12/h3-6,8-9H,2,7H2,1H3,(H,24,25,28). The Kier molecular flexibility index (Phi) is 4.39. The molecule has 13 heteroatoms. The van der Waals surface area contributed by atoms with Crippen LogP contribution in [0.2, 0.25) is 0 Å². The predicted octanol–water partition coefficient (Wildman–Crippen LogP) is 1.85. The van der Waals surface area contributed by atoms with Crippen molar-refractivity contribution in [3.63, 3.8) is 0 Å². The highest BCUT2D eigenvalue weighted by Crippen LogP contribution is 2.41. The van der Waals surface area contributed by atoms with Crippen LogP contribution in [0.15, 0.2) is 41.7 Å². The molecule has 4 heterocycles. The van der Waals surface area contributed by atoms with Crippen molar-refractivity contribution in [3.05, 3.63) is 58.4 Å². The molecular formula is C19H14F2N6O5. The van der Waals surface area contributed by atoms with E-state index in [1.165, 1.54) is 40.1 Å². The molecule has 1 N–H and O–H groups in total. The summed E-state index contributed by atoms with van der Waals surface area (Å²) in [5.41, 5.74) is 0.606. The fraction of sp³-hybridized carbons (Fsp3) is 0.211. The van der Waals surface area contributed by atoms with Crippen LogP contribution in [0.4, 0.5) is 8.78 Å². The quantitative estimate of drug-likeness (QED) is 0.462. The van der Waals surface area contributed by atoms with Gasteiger partial charge in [-0.3, -0.25) is 9.78 Å². The van der Waals surface area contributed by atoms with Crippen LogP contribution >= 0.6 is 0 Å². The second kappa shape index (κ2) is 7.14. The second-order valence-electron chi connectivity index (χ2n) is 6.78. The molecule has 11 nitrogen and oxygen atoms in total. The van der Waals surface area contributed by atoms with Gasteiger partial charge in [0.15, 0.2) is 22.7 Å². The zero-order valence-electron chi connectivity index (χ0n) is 16.4. The van der Waals surface area contributed by atoms with Gasteiger partial charge in [0.2, 0.25) is 5.95 Å². The Morgan fingerprint density at radius 1 is 1.28 bits per heavy atom. The monoisotopic (exact) mass is 444 g/mol. The van der Waals surface area contributed by atoms with Crippen molar-refractivity contribution in [1.82, 2.24) is 29.3 Å². The van der Waals surface area contributed by atoms with E-state index in [-0.39, 0.29) is 47.3 Å². The summed E-state index contributed by atoms with van der Waals surface area (Å²) in [6.45, 7) is 2.05. The number of halogens is 2. The summed E-state index contributed by atoms with van der Waals surface area (Å²) >= 11 is 0. The minimum Gasteiger partial charge on any atom is -0.462 e. The summed E-state index contributed by atoms with van der Waals surface area (Å²) in [5, 5.41) is 4.02. The number of rotatable bonds is 5. The number of fused-ring (bicyclic) bond motifs is 2. The molecular weight excluding hydrogens is 430 g/mol. The molecule has 32 heavy (non-hydrogen) atoms. The van der Waals surface area contributed by atoms with Gasteiger partial charge in [0.1, 0.15) is 0 Å². The van der Waals surface area contributed by atoms with Gasteiger partial charge in [0, 0.05) is 12.7 Å².